The van der Waals surface area contributed by atoms with Crippen molar-refractivity contribution in [2.75, 3.05) is 36.6 Å². The molecule has 0 bridgehead atoms. The standard InChI is InChI=1S/C43H73N3O4/c1-30(2)13-10-16-33(7)19-22-48-40-25-36(43(47)46-39-28-37(44)27-38(45)29-39)26-41(49-23-20-34(8)17-11-14-31(3)4)42(40)50-24-21-35(9)18-12-15-32(5)6/h25-35H,10-24,44-45H2,1-9H3,(H,46,47)/t33-,34-,35-/m1/s1. The van der Waals surface area contributed by atoms with E-state index in [4.69, 9.17) is 25.7 Å². The molecule has 0 spiro atoms. The van der Waals surface area contributed by atoms with Gasteiger partial charge in [-0.05, 0) is 85.1 Å². The number of benzene rings is 2. The summed E-state index contributed by atoms with van der Waals surface area (Å²) in [5.74, 6) is 5.18. The molecular formula is C43H73N3O4. The zero-order chi connectivity index (χ0) is 37.1. The number of amides is 1. The zero-order valence-corrected chi connectivity index (χ0v) is 33.2. The molecule has 284 valence electrons. The van der Waals surface area contributed by atoms with Crippen molar-refractivity contribution in [2.45, 2.75) is 139 Å². The summed E-state index contributed by atoms with van der Waals surface area (Å²) < 4.78 is 19.5. The Morgan fingerprint density at radius 1 is 0.540 bits per heavy atom. The number of hydrogen-bond donors (Lipinski definition) is 3. The van der Waals surface area contributed by atoms with Gasteiger partial charge in [0.25, 0.3) is 5.91 Å². The summed E-state index contributed by atoms with van der Waals surface area (Å²) in [6, 6.07) is 8.64. The first-order chi connectivity index (χ1) is 23.7. The molecule has 5 N–H and O–H groups in total. The van der Waals surface area contributed by atoms with Gasteiger partial charge in [0.05, 0.1) is 19.8 Å². The lowest BCUT2D eigenvalue weighted by Gasteiger charge is -2.21. The molecule has 3 atom stereocenters. The van der Waals surface area contributed by atoms with Crippen molar-refractivity contribution in [2.24, 2.45) is 35.5 Å². The van der Waals surface area contributed by atoms with Gasteiger partial charge in [0.15, 0.2) is 11.5 Å². The van der Waals surface area contributed by atoms with Gasteiger partial charge in [0, 0.05) is 22.6 Å². The molecule has 0 radical (unpaired) electrons. The number of rotatable bonds is 26. The Balaban J connectivity index is 2.33. The number of nitrogens with two attached hydrogens (primary N) is 2. The molecule has 0 aliphatic rings. The van der Waals surface area contributed by atoms with Gasteiger partial charge in [-0.1, -0.05) is 120 Å². The molecule has 2 aromatic rings. The molecule has 0 aliphatic heterocycles. The lowest BCUT2D eigenvalue weighted by Crippen LogP contribution is -2.15. The monoisotopic (exact) mass is 696 g/mol. The predicted octanol–water partition coefficient (Wildman–Crippen LogP) is 11.8. The van der Waals surface area contributed by atoms with E-state index in [9.17, 15) is 4.79 Å². The van der Waals surface area contributed by atoms with Crippen LogP contribution in [-0.4, -0.2) is 25.7 Å². The van der Waals surface area contributed by atoms with Crippen molar-refractivity contribution in [3.8, 4) is 17.2 Å². The number of anilines is 3. The van der Waals surface area contributed by atoms with E-state index >= 15 is 0 Å². The smallest absolute Gasteiger partial charge is 0.255 e. The molecule has 0 aromatic heterocycles. The average Bonchev–Trinajstić information content (AvgIpc) is 3.00. The summed E-state index contributed by atoms with van der Waals surface area (Å²) in [6.07, 6.45) is 13.7. The highest BCUT2D eigenvalue weighted by molar-refractivity contribution is 6.05. The number of nitrogen functional groups attached to an aromatic ring is 2. The Bertz CT molecular complexity index is 1180. The topological polar surface area (TPSA) is 109 Å². The van der Waals surface area contributed by atoms with Crippen LogP contribution in [0.5, 0.6) is 17.2 Å². The van der Waals surface area contributed by atoms with E-state index in [1.165, 1.54) is 57.8 Å². The second-order valence-corrected chi connectivity index (χ2v) is 16.3. The van der Waals surface area contributed by atoms with E-state index in [2.05, 4.69) is 67.6 Å². The summed E-state index contributed by atoms with van der Waals surface area (Å²) in [7, 11) is 0. The van der Waals surface area contributed by atoms with Crippen LogP contribution in [0.15, 0.2) is 30.3 Å². The van der Waals surface area contributed by atoms with Crippen LogP contribution in [0.1, 0.15) is 150 Å². The Morgan fingerprint density at radius 2 is 0.920 bits per heavy atom. The van der Waals surface area contributed by atoms with Crippen LogP contribution in [0.3, 0.4) is 0 Å². The molecule has 0 saturated carbocycles. The average molecular weight is 696 g/mol. The normalized spacial score (nSPS) is 13.4. The lowest BCUT2D eigenvalue weighted by atomic mass is 9.97. The fraction of sp³-hybridized carbons (Fsp3) is 0.698. The maximum absolute atomic E-state index is 13.7. The molecule has 2 aromatic carbocycles. The predicted molar refractivity (Wildman–Crippen MR) is 214 cm³/mol. The van der Waals surface area contributed by atoms with Crippen LogP contribution in [0.2, 0.25) is 0 Å². The fourth-order valence-electron chi connectivity index (χ4n) is 6.18. The minimum Gasteiger partial charge on any atom is -0.490 e. The van der Waals surface area contributed by atoms with E-state index in [1.54, 1.807) is 30.3 Å². The van der Waals surface area contributed by atoms with Crippen LogP contribution in [0.25, 0.3) is 0 Å². The molecule has 0 aliphatic carbocycles. The summed E-state index contributed by atoms with van der Waals surface area (Å²) in [5.41, 5.74) is 14.0. The first-order valence-electron chi connectivity index (χ1n) is 19.8. The second-order valence-electron chi connectivity index (χ2n) is 16.3. The molecule has 0 unspecified atom stereocenters. The van der Waals surface area contributed by atoms with Gasteiger partial charge >= 0.3 is 0 Å². The molecule has 7 heteroatoms. The summed E-state index contributed by atoms with van der Waals surface area (Å²) in [4.78, 5) is 13.7. The van der Waals surface area contributed by atoms with Crippen molar-refractivity contribution >= 4 is 23.0 Å². The van der Waals surface area contributed by atoms with E-state index < -0.39 is 0 Å². The van der Waals surface area contributed by atoms with Crippen LogP contribution >= 0.6 is 0 Å². The molecule has 1 amide bonds. The molecule has 2 rings (SSSR count). The highest BCUT2D eigenvalue weighted by Crippen LogP contribution is 2.40. The third kappa shape index (κ3) is 18.2. The van der Waals surface area contributed by atoms with E-state index in [1.807, 2.05) is 0 Å². The van der Waals surface area contributed by atoms with E-state index in [0.29, 0.717) is 77.4 Å². The summed E-state index contributed by atoms with van der Waals surface area (Å²) in [5, 5.41) is 2.96. The number of ether oxygens (including phenoxy) is 3. The minimum atomic E-state index is -0.292. The number of carbonyl (C=O) groups is 1. The van der Waals surface area contributed by atoms with Crippen molar-refractivity contribution in [3.63, 3.8) is 0 Å². The molecule has 50 heavy (non-hydrogen) atoms. The third-order valence-corrected chi connectivity index (χ3v) is 9.55. The zero-order valence-electron chi connectivity index (χ0n) is 33.2. The summed E-state index contributed by atoms with van der Waals surface area (Å²) >= 11 is 0. The van der Waals surface area contributed by atoms with Gasteiger partial charge in [-0.25, -0.2) is 0 Å². The van der Waals surface area contributed by atoms with Crippen LogP contribution in [-0.2, 0) is 0 Å². The maximum Gasteiger partial charge on any atom is 0.255 e. The number of nitrogens with one attached hydrogen (secondary N) is 1. The maximum atomic E-state index is 13.7. The Morgan fingerprint density at radius 3 is 1.30 bits per heavy atom. The van der Waals surface area contributed by atoms with E-state index in [-0.39, 0.29) is 5.91 Å². The minimum absolute atomic E-state index is 0.292. The quantitative estimate of drug-likeness (QED) is 0.0845. The number of carbonyl (C=O) groups excluding carboxylic acids is 1. The van der Waals surface area contributed by atoms with Crippen molar-refractivity contribution in [1.82, 2.24) is 0 Å². The van der Waals surface area contributed by atoms with Gasteiger partial charge in [-0.15, -0.1) is 0 Å². The van der Waals surface area contributed by atoms with Gasteiger partial charge < -0.3 is 31.0 Å². The largest absolute Gasteiger partial charge is 0.490 e. The highest BCUT2D eigenvalue weighted by atomic mass is 16.5. The molecule has 0 heterocycles. The molecule has 7 nitrogen and oxygen atoms in total. The Kier molecular flexibility index (Phi) is 20.2. The first kappa shape index (κ1) is 43.1. The van der Waals surface area contributed by atoms with Crippen LogP contribution < -0.4 is 31.0 Å². The summed E-state index contributed by atoms with van der Waals surface area (Å²) in [6.45, 7) is 22.2. The number of hydrogen-bond acceptors (Lipinski definition) is 6. The second kappa shape index (κ2) is 23.4. The van der Waals surface area contributed by atoms with Crippen LogP contribution in [0, 0.1) is 35.5 Å². The van der Waals surface area contributed by atoms with Crippen molar-refractivity contribution < 1.29 is 19.0 Å². The van der Waals surface area contributed by atoms with Gasteiger partial charge in [-0.3, -0.25) is 4.79 Å². The molecule has 0 saturated heterocycles. The van der Waals surface area contributed by atoms with Gasteiger partial charge in [-0.2, -0.15) is 0 Å². The fourth-order valence-corrected chi connectivity index (χ4v) is 6.18. The first-order valence-corrected chi connectivity index (χ1v) is 19.8. The van der Waals surface area contributed by atoms with Crippen LogP contribution in [0.4, 0.5) is 17.1 Å². The van der Waals surface area contributed by atoms with Gasteiger partial charge in [0.1, 0.15) is 0 Å². The Hall–Kier alpha value is -3.09. The Labute approximate surface area is 306 Å². The molecule has 0 fully saturated rings. The SMILES string of the molecule is CC(C)CCC[C@@H](C)CCOc1cc(C(=O)Nc2cc(N)cc(N)c2)cc(OCC[C@H](C)CCCC(C)C)c1OCC[C@H](C)CCCC(C)C. The lowest BCUT2D eigenvalue weighted by molar-refractivity contribution is 0.102. The highest BCUT2D eigenvalue weighted by Gasteiger charge is 2.21. The molecular weight excluding hydrogens is 622 g/mol. The van der Waals surface area contributed by atoms with E-state index in [0.717, 1.165) is 37.0 Å². The van der Waals surface area contributed by atoms with Gasteiger partial charge in [0.2, 0.25) is 5.75 Å². The third-order valence-electron chi connectivity index (χ3n) is 9.55. The van der Waals surface area contributed by atoms with Crippen molar-refractivity contribution in [3.05, 3.63) is 35.9 Å². The van der Waals surface area contributed by atoms with Crippen molar-refractivity contribution in [1.29, 1.82) is 0 Å².